The highest BCUT2D eigenvalue weighted by Gasteiger charge is 2.23. The first-order valence-corrected chi connectivity index (χ1v) is 13.8. The van der Waals surface area contributed by atoms with Crippen molar-refractivity contribution in [3.8, 4) is 0 Å². The summed E-state index contributed by atoms with van der Waals surface area (Å²) in [6, 6.07) is 15.0. The minimum atomic E-state index is -0.666. The van der Waals surface area contributed by atoms with Gasteiger partial charge in [0.1, 0.15) is 5.82 Å². The predicted molar refractivity (Wildman–Crippen MR) is 151 cm³/mol. The van der Waals surface area contributed by atoms with E-state index in [1.807, 2.05) is 56.5 Å². The van der Waals surface area contributed by atoms with Gasteiger partial charge in [-0.3, -0.25) is 14.5 Å². The van der Waals surface area contributed by atoms with Crippen molar-refractivity contribution in [1.29, 1.82) is 0 Å². The number of halogens is 1. The summed E-state index contributed by atoms with van der Waals surface area (Å²) in [5.41, 5.74) is 1.59. The molecule has 3 N–H and O–H groups in total. The van der Waals surface area contributed by atoms with E-state index in [0.717, 1.165) is 16.5 Å². The lowest BCUT2D eigenvalue weighted by atomic mass is 10.1. The van der Waals surface area contributed by atoms with Gasteiger partial charge < -0.3 is 20.9 Å². The summed E-state index contributed by atoms with van der Waals surface area (Å²) in [5, 5.41) is 10.1. The van der Waals surface area contributed by atoms with Gasteiger partial charge in [-0.25, -0.2) is 9.18 Å². The SMILES string of the molecule is CC(C)(C)NC(=O)c1cccc(CN2CCN(C(=O)c3ccc(NC(=O)NCc4cccs4)c(F)c3)CC2)c1. The fraction of sp³-hybridized carbons (Fsp3) is 0.345. The summed E-state index contributed by atoms with van der Waals surface area (Å²) in [6.45, 7) is 9.21. The molecule has 4 rings (SSSR count). The van der Waals surface area contributed by atoms with Crippen LogP contribution in [0.15, 0.2) is 60.0 Å². The first-order chi connectivity index (χ1) is 18.6. The maximum Gasteiger partial charge on any atom is 0.319 e. The van der Waals surface area contributed by atoms with Gasteiger partial charge in [0.05, 0.1) is 12.2 Å². The fourth-order valence-electron chi connectivity index (χ4n) is 4.27. The van der Waals surface area contributed by atoms with Gasteiger partial charge in [-0.1, -0.05) is 18.2 Å². The molecule has 1 aromatic heterocycles. The zero-order chi connectivity index (χ0) is 28.0. The summed E-state index contributed by atoms with van der Waals surface area (Å²) in [5.74, 6) is -1.02. The van der Waals surface area contributed by atoms with Crippen LogP contribution in [0.5, 0.6) is 0 Å². The van der Waals surface area contributed by atoms with Crippen molar-refractivity contribution in [2.75, 3.05) is 31.5 Å². The molecule has 2 heterocycles. The molecule has 1 saturated heterocycles. The van der Waals surface area contributed by atoms with Gasteiger partial charge >= 0.3 is 6.03 Å². The fourth-order valence-corrected chi connectivity index (χ4v) is 4.91. The van der Waals surface area contributed by atoms with E-state index >= 15 is 0 Å². The Morgan fingerprint density at radius 3 is 2.38 bits per heavy atom. The van der Waals surface area contributed by atoms with Crippen LogP contribution in [0.3, 0.4) is 0 Å². The predicted octanol–water partition coefficient (Wildman–Crippen LogP) is 4.70. The number of hydrogen-bond donors (Lipinski definition) is 3. The van der Waals surface area contributed by atoms with Gasteiger partial charge in [0.15, 0.2) is 0 Å². The number of rotatable bonds is 7. The molecular formula is C29H34FN5O3S. The molecule has 2 aromatic carbocycles. The van der Waals surface area contributed by atoms with Crippen molar-refractivity contribution in [2.45, 2.75) is 39.4 Å². The van der Waals surface area contributed by atoms with Crippen LogP contribution < -0.4 is 16.0 Å². The summed E-state index contributed by atoms with van der Waals surface area (Å²) in [4.78, 5) is 42.6. The number of carbonyl (C=O) groups is 3. The van der Waals surface area contributed by atoms with E-state index in [2.05, 4.69) is 20.9 Å². The van der Waals surface area contributed by atoms with Crippen LogP contribution >= 0.6 is 11.3 Å². The van der Waals surface area contributed by atoms with Crippen LogP contribution in [0.1, 0.15) is 51.9 Å². The molecule has 3 aromatic rings. The van der Waals surface area contributed by atoms with E-state index in [1.54, 1.807) is 11.0 Å². The van der Waals surface area contributed by atoms with Gasteiger partial charge in [0.2, 0.25) is 0 Å². The summed E-state index contributed by atoms with van der Waals surface area (Å²) < 4.78 is 14.7. The van der Waals surface area contributed by atoms with E-state index in [9.17, 15) is 18.8 Å². The molecular weight excluding hydrogens is 517 g/mol. The van der Waals surface area contributed by atoms with Crippen molar-refractivity contribution < 1.29 is 18.8 Å². The van der Waals surface area contributed by atoms with E-state index in [0.29, 0.717) is 44.8 Å². The zero-order valence-electron chi connectivity index (χ0n) is 22.4. The van der Waals surface area contributed by atoms with E-state index < -0.39 is 11.8 Å². The molecule has 4 amide bonds. The molecule has 0 unspecified atom stereocenters. The van der Waals surface area contributed by atoms with Crippen LogP contribution in [0, 0.1) is 5.82 Å². The normalized spacial score (nSPS) is 14.1. The highest BCUT2D eigenvalue weighted by molar-refractivity contribution is 7.09. The van der Waals surface area contributed by atoms with Crippen LogP contribution in [-0.2, 0) is 13.1 Å². The molecule has 1 aliphatic heterocycles. The lowest BCUT2D eigenvalue weighted by Gasteiger charge is -2.35. The number of piperazine rings is 1. The highest BCUT2D eigenvalue weighted by atomic mass is 32.1. The van der Waals surface area contributed by atoms with E-state index in [4.69, 9.17) is 0 Å². The number of carbonyl (C=O) groups excluding carboxylic acids is 3. The van der Waals surface area contributed by atoms with Crippen LogP contribution in [-0.4, -0.2) is 59.4 Å². The second-order valence-corrected chi connectivity index (χ2v) is 11.6. The minimum absolute atomic E-state index is 0.0125. The average Bonchev–Trinajstić information content (AvgIpc) is 3.42. The van der Waals surface area contributed by atoms with Gasteiger partial charge in [0.25, 0.3) is 11.8 Å². The molecule has 1 aliphatic rings. The van der Waals surface area contributed by atoms with Crippen LogP contribution in [0.4, 0.5) is 14.9 Å². The molecule has 0 aliphatic carbocycles. The Bertz CT molecular complexity index is 1310. The molecule has 0 atom stereocenters. The Morgan fingerprint density at radius 2 is 1.72 bits per heavy atom. The number of amides is 4. The molecule has 206 valence electrons. The molecule has 1 fully saturated rings. The number of nitrogens with one attached hydrogen (secondary N) is 3. The zero-order valence-corrected chi connectivity index (χ0v) is 23.2. The maximum absolute atomic E-state index is 14.7. The largest absolute Gasteiger partial charge is 0.347 e. The van der Waals surface area contributed by atoms with E-state index in [-0.39, 0.29) is 28.6 Å². The quantitative estimate of drug-likeness (QED) is 0.397. The first-order valence-electron chi connectivity index (χ1n) is 12.9. The van der Waals surface area contributed by atoms with Crippen LogP contribution in [0.25, 0.3) is 0 Å². The molecule has 39 heavy (non-hydrogen) atoms. The van der Waals surface area contributed by atoms with Crippen molar-refractivity contribution in [1.82, 2.24) is 20.4 Å². The number of nitrogens with zero attached hydrogens (tertiary/aromatic N) is 2. The van der Waals surface area contributed by atoms with Crippen molar-refractivity contribution in [2.24, 2.45) is 0 Å². The Morgan fingerprint density at radius 1 is 0.949 bits per heavy atom. The van der Waals surface area contributed by atoms with Crippen molar-refractivity contribution in [3.05, 3.63) is 87.4 Å². The minimum Gasteiger partial charge on any atom is -0.347 e. The second kappa shape index (κ2) is 12.4. The smallest absolute Gasteiger partial charge is 0.319 e. The molecule has 0 radical (unpaired) electrons. The Balaban J connectivity index is 1.27. The number of urea groups is 1. The van der Waals surface area contributed by atoms with Gasteiger partial charge in [-0.2, -0.15) is 0 Å². The summed E-state index contributed by atoms with van der Waals surface area (Å²) >= 11 is 1.52. The van der Waals surface area contributed by atoms with Gasteiger partial charge in [-0.05, 0) is 68.1 Å². The third-order valence-corrected chi connectivity index (χ3v) is 7.09. The second-order valence-electron chi connectivity index (χ2n) is 10.6. The molecule has 0 saturated carbocycles. The third-order valence-electron chi connectivity index (χ3n) is 6.21. The number of thiophene rings is 1. The van der Waals surface area contributed by atoms with Crippen molar-refractivity contribution in [3.63, 3.8) is 0 Å². The number of hydrogen-bond acceptors (Lipinski definition) is 5. The topological polar surface area (TPSA) is 93.8 Å². The Hall–Kier alpha value is -3.76. The average molecular weight is 552 g/mol. The number of benzene rings is 2. The molecule has 8 nitrogen and oxygen atoms in total. The monoisotopic (exact) mass is 551 g/mol. The molecule has 0 bridgehead atoms. The summed E-state index contributed by atoms with van der Waals surface area (Å²) in [6.07, 6.45) is 0. The Kier molecular flexibility index (Phi) is 8.98. The number of anilines is 1. The lowest BCUT2D eigenvalue weighted by Crippen LogP contribution is -2.48. The first kappa shape index (κ1) is 28.3. The molecule has 10 heteroatoms. The Labute approximate surface area is 232 Å². The standard InChI is InChI=1S/C29H34FN5O3S/c1-29(2,3)33-26(36)21-7-4-6-20(16-21)19-34-11-13-35(14-12-34)27(37)22-9-10-25(24(30)17-22)32-28(38)31-18-23-8-5-15-39-23/h4-10,15-17H,11-14,18-19H2,1-3H3,(H,33,36)(H2,31,32,38). The van der Waals surface area contributed by atoms with Gasteiger partial charge in [0, 0.05) is 54.3 Å². The lowest BCUT2D eigenvalue weighted by molar-refractivity contribution is 0.0627. The van der Waals surface area contributed by atoms with Crippen LogP contribution in [0.2, 0.25) is 0 Å². The maximum atomic E-state index is 14.7. The van der Waals surface area contributed by atoms with Gasteiger partial charge in [-0.15, -0.1) is 11.3 Å². The highest BCUT2D eigenvalue weighted by Crippen LogP contribution is 2.19. The summed E-state index contributed by atoms with van der Waals surface area (Å²) in [7, 11) is 0. The third kappa shape index (κ3) is 8.11. The van der Waals surface area contributed by atoms with E-state index in [1.165, 1.54) is 23.5 Å². The van der Waals surface area contributed by atoms with Crippen molar-refractivity contribution >= 4 is 34.9 Å². The molecule has 0 spiro atoms.